The van der Waals surface area contributed by atoms with Crippen LogP contribution in [0.25, 0.3) is 181 Å². The minimum atomic E-state index is 1.19. The van der Waals surface area contributed by atoms with Crippen molar-refractivity contribution in [3.05, 3.63) is 328 Å². The Bertz CT molecular complexity index is 6300. The van der Waals surface area contributed by atoms with Crippen molar-refractivity contribution in [3.8, 4) is 78.1 Å². The number of nitrogens with zero attached hydrogens (tertiary/aromatic N) is 2. The van der Waals surface area contributed by atoms with Crippen LogP contribution in [0.15, 0.2) is 328 Å². The van der Waals surface area contributed by atoms with E-state index in [4.69, 9.17) is 0 Å². The Morgan fingerprint density at radius 3 is 1.05 bits per heavy atom. The lowest BCUT2D eigenvalue weighted by Gasteiger charge is -2.10. The van der Waals surface area contributed by atoms with Crippen molar-refractivity contribution >= 4 is 148 Å². The number of aromatic nitrogens is 2. The smallest absolute Gasteiger partial charge is 0.0727 e. The Labute approximate surface area is 558 Å². The number of para-hydroxylation sites is 4. The lowest BCUT2D eigenvalue weighted by molar-refractivity contribution is 1.19. The van der Waals surface area contributed by atoms with E-state index in [1.165, 1.54) is 181 Å². The maximum absolute atomic E-state index is 2.44. The van der Waals surface area contributed by atoms with Crippen LogP contribution in [0.4, 0.5) is 0 Å². The van der Waals surface area contributed by atoms with E-state index < -0.39 is 0 Å². The molecule has 6 heterocycles. The van der Waals surface area contributed by atoms with E-state index in [1.807, 2.05) is 45.3 Å². The monoisotopic (exact) mass is 1270 g/mol. The topological polar surface area (TPSA) is 9.86 Å². The first-order chi connectivity index (χ1) is 46.6. The predicted octanol–water partition coefficient (Wildman–Crippen LogP) is 26.7. The molecular formula is C88H54N2S4. The molecule has 0 amide bonds. The van der Waals surface area contributed by atoms with Crippen LogP contribution in [0.1, 0.15) is 0 Å². The van der Waals surface area contributed by atoms with Crippen LogP contribution in [0.2, 0.25) is 0 Å². The Balaban J connectivity index is 0.000000133. The van der Waals surface area contributed by atoms with Gasteiger partial charge in [0.2, 0.25) is 0 Å². The van der Waals surface area contributed by atoms with Crippen molar-refractivity contribution in [1.82, 2.24) is 9.13 Å². The van der Waals surface area contributed by atoms with E-state index in [-0.39, 0.29) is 0 Å². The van der Waals surface area contributed by atoms with Gasteiger partial charge in [-0.3, -0.25) is 0 Å². The Morgan fingerprint density at radius 2 is 0.543 bits per heavy atom. The molecule has 0 saturated carbocycles. The van der Waals surface area contributed by atoms with Crippen LogP contribution in [0.5, 0.6) is 0 Å². The van der Waals surface area contributed by atoms with Gasteiger partial charge in [-0.1, -0.05) is 273 Å². The van der Waals surface area contributed by atoms with Crippen LogP contribution in [0.3, 0.4) is 0 Å². The first kappa shape index (κ1) is 54.7. The van der Waals surface area contributed by atoms with E-state index in [0.717, 1.165) is 0 Å². The van der Waals surface area contributed by atoms with Gasteiger partial charge in [0.25, 0.3) is 0 Å². The van der Waals surface area contributed by atoms with Crippen molar-refractivity contribution in [2.75, 3.05) is 0 Å². The molecule has 0 fully saturated rings. The van der Waals surface area contributed by atoms with Crippen molar-refractivity contribution in [1.29, 1.82) is 0 Å². The zero-order valence-electron chi connectivity index (χ0n) is 50.7. The number of rotatable bonds is 8. The van der Waals surface area contributed by atoms with Crippen molar-refractivity contribution < 1.29 is 0 Å². The third-order valence-corrected chi connectivity index (χ3v) is 23.8. The molecule has 6 aromatic heterocycles. The minimum Gasteiger partial charge on any atom is -0.308 e. The van der Waals surface area contributed by atoms with Gasteiger partial charge in [-0.25, -0.2) is 0 Å². The second-order valence-electron chi connectivity index (χ2n) is 24.1. The molecule has 0 atom stereocenters. The zero-order valence-corrected chi connectivity index (χ0v) is 54.0. The van der Waals surface area contributed by atoms with Gasteiger partial charge < -0.3 is 9.13 Å². The lowest BCUT2D eigenvalue weighted by atomic mass is 9.95. The molecule has 0 unspecified atom stereocenters. The highest BCUT2D eigenvalue weighted by Crippen LogP contribution is 2.50. The van der Waals surface area contributed by atoms with Gasteiger partial charge in [0.1, 0.15) is 0 Å². The number of benzene rings is 14. The van der Waals surface area contributed by atoms with Crippen molar-refractivity contribution in [2.45, 2.75) is 0 Å². The summed E-state index contributed by atoms with van der Waals surface area (Å²) in [4.78, 5) is 0. The molecule has 0 saturated heterocycles. The Hall–Kier alpha value is -11.0. The highest BCUT2D eigenvalue weighted by molar-refractivity contribution is 7.28. The van der Waals surface area contributed by atoms with Gasteiger partial charge in [0, 0.05) is 82.7 Å². The van der Waals surface area contributed by atoms with E-state index in [1.54, 1.807) is 0 Å². The van der Waals surface area contributed by atoms with E-state index in [0.29, 0.717) is 0 Å². The predicted molar refractivity (Wildman–Crippen MR) is 411 cm³/mol. The molecule has 94 heavy (non-hydrogen) atoms. The normalized spacial score (nSPS) is 11.8. The Kier molecular flexibility index (Phi) is 13.1. The van der Waals surface area contributed by atoms with E-state index in [9.17, 15) is 0 Å². The summed E-state index contributed by atoms with van der Waals surface area (Å²) in [5.41, 5.74) is 22.7. The van der Waals surface area contributed by atoms with Crippen molar-refractivity contribution in [3.63, 3.8) is 0 Å². The highest BCUT2D eigenvalue weighted by Gasteiger charge is 2.23. The highest BCUT2D eigenvalue weighted by atomic mass is 32.1. The SMILES string of the molecule is c1ccc(-c2ccc3sc4c(-c5ccc(-c6cccc7c6sc6c8ccccc8n(-c8ccccc8)c76)cc5)cccc4c3c2)cc1.c1ccc(-c2cccc3c2sc2cccc(-c4ccc(-c5cccc6c5sc5c7ccccc7n(-c7ccccc7)c65)cc4)c23)cc1. The lowest BCUT2D eigenvalue weighted by Crippen LogP contribution is -1.92. The first-order valence-corrected chi connectivity index (χ1v) is 35.1. The van der Waals surface area contributed by atoms with Gasteiger partial charge in [-0.05, 0) is 121 Å². The summed E-state index contributed by atoms with van der Waals surface area (Å²) in [7, 11) is 0. The molecule has 20 rings (SSSR count). The largest absolute Gasteiger partial charge is 0.308 e. The van der Waals surface area contributed by atoms with Gasteiger partial charge in [-0.2, -0.15) is 0 Å². The molecule has 0 spiro atoms. The maximum atomic E-state index is 2.44. The summed E-state index contributed by atoms with van der Waals surface area (Å²) in [5.74, 6) is 0. The van der Waals surface area contributed by atoms with Gasteiger partial charge in [-0.15, -0.1) is 45.3 Å². The standard InChI is InChI=1S/2C44H27NS2/c1-3-12-28(13-4-1)33-18-9-20-36-40-32(17-11-23-39(40)46-42(33)36)29-24-26-30(27-25-29)34-19-10-21-37-41-44(47-43(34)37)35-16-7-8-22-38(35)45(41)31-14-5-2-6-15-31;1-3-11-28(12-4-1)31-25-26-40-38(27-31)35-18-9-16-33(42(35)46-40)29-21-23-30(24-22-29)34-17-10-19-37-41-44(47-43(34)37)36-15-7-8-20-39(36)45(41)32-13-5-2-6-14-32/h2*1-27H. The fraction of sp³-hybridized carbons (Fsp3) is 0. The fourth-order valence-electron chi connectivity index (χ4n) is 14.6. The summed E-state index contributed by atoms with van der Waals surface area (Å²) in [6.45, 7) is 0. The average Bonchev–Trinajstić information content (AvgIpc) is 1.58. The van der Waals surface area contributed by atoms with Gasteiger partial charge >= 0.3 is 0 Å². The molecule has 6 heteroatoms. The van der Waals surface area contributed by atoms with E-state index in [2.05, 4.69) is 337 Å². The molecule has 0 aliphatic carbocycles. The molecular weight excluding hydrogens is 1210 g/mol. The van der Waals surface area contributed by atoms with Gasteiger partial charge in [0.15, 0.2) is 0 Å². The molecule has 14 aromatic carbocycles. The first-order valence-electron chi connectivity index (χ1n) is 31.9. The van der Waals surface area contributed by atoms with Crippen molar-refractivity contribution in [2.24, 2.45) is 0 Å². The number of hydrogen-bond acceptors (Lipinski definition) is 4. The summed E-state index contributed by atoms with van der Waals surface area (Å²) in [6.07, 6.45) is 0. The molecule has 440 valence electrons. The Morgan fingerprint density at radius 1 is 0.191 bits per heavy atom. The average molecular weight is 1270 g/mol. The van der Waals surface area contributed by atoms with E-state index >= 15 is 0 Å². The van der Waals surface area contributed by atoms with Gasteiger partial charge in [0.05, 0.1) is 31.5 Å². The molecule has 0 bridgehead atoms. The second kappa shape index (κ2) is 22.4. The molecule has 0 aliphatic heterocycles. The summed E-state index contributed by atoms with van der Waals surface area (Å²) in [6, 6.07) is 120. The molecule has 0 aliphatic rings. The summed E-state index contributed by atoms with van der Waals surface area (Å²) >= 11 is 7.61. The van der Waals surface area contributed by atoms with Crippen LogP contribution < -0.4 is 0 Å². The number of thiophene rings is 4. The number of hydrogen-bond donors (Lipinski definition) is 0. The van der Waals surface area contributed by atoms with Crippen LogP contribution in [0, 0.1) is 0 Å². The second-order valence-corrected chi connectivity index (χ2v) is 28.3. The zero-order chi connectivity index (χ0) is 61.8. The van der Waals surface area contributed by atoms with Crippen LogP contribution in [-0.2, 0) is 0 Å². The summed E-state index contributed by atoms with van der Waals surface area (Å²) < 4.78 is 15.6. The molecule has 20 aromatic rings. The third-order valence-electron chi connectivity index (χ3n) is 18.9. The fourth-order valence-corrected chi connectivity index (χ4v) is 19.8. The molecule has 0 radical (unpaired) electrons. The third kappa shape index (κ3) is 8.86. The number of fused-ring (bicyclic) bond motifs is 16. The summed E-state index contributed by atoms with van der Waals surface area (Å²) in [5, 5.41) is 10.5. The molecule has 0 N–H and O–H groups in total. The van der Waals surface area contributed by atoms with Crippen LogP contribution in [-0.4, -0.2) is 9.13 Å². The maximum Gasteiger partial charge on any atom is 0.0727 e. The quantitative estimate of drug-likeness (QED) is 0.143. The van der Waals surface area contributed by atoms with Crippen LogP contribution >= 0.6 is 45.3 Å². The minimum absolute atomic E-state index is 1.19. The molecule has 2 nitrogen and oxygen atoms in total.